The first-order valence-corrected chi connectivity index (χ1v) is 5.00. The van der Waals surface area contributed by atoms with Gasteiger partial charge in [-0.2, -0.15) is 5.10 Å². The van der Waals surface area contributed by atoms with Crippen molar-refractivity contribution in [1.82, 2.24) is 14.2 Å². The first-order valence-electron chi connectivity index (χ1n) is 5.00. The highest BCUT2D eigenvalue weighted by Gasteiger charge is 2.22. The molecule has 2 heterocycles. The largest absolute Gasteiger partial charge is 0.391 e. The van der Waals surface area contributed by atoms with Crippen molar-refractivity contribution >= 4 is 5.65 Å². The summed E-state index contributed by atoms with van der Waals surface area (Å²) in [5.41, 5.74) is 1.95. The van der Waals surface area contributed by atoms with Gasteiger partial charge in [0.25, 0.3) is 0 Å². The Bertz CT molecular complexity index is 453. The third-order valence-corrected chi connectivity index (χ3v) is 2.82. The Morgan fingerprint density at radius 3 is 3.00 bits per heavy atom. The van der Waals surface area contributed by atoms with Gasteiger partial charge in [-0.15, -0.1) is 0 Å². The lowest BCUT2D eigenvalue weighted by Crippen LogP contribution is -1.99. The van der Waals surface area contributed by atoms with E-state index in [1.54, 1.807) is 6.20 Å². The Morgan fingerprint density at radius 2 is 2.29 bits per heavy atom. The van der Waals surface area contributed by atoms with Crippen LogP contribution in [0.25, 0.3) is 5.65 Å². The number of imidazole rings is 1. The highest BCUT2D eigenvalue weighted by molar-refractivity contribution is 5.47. The molecule has 0 atom stereocenters. The Kier molecular flexibility index (Phi) is 1.64. The predicted molar refractivity (Wildman–Crippen MR) is 51.8 cm³/mol. The average Bonchev–Trinajstić information content (AvgIpc) is 2.78. The molecule has 0 aliphatic heterocycles. The van der Waals surface area contributed by atoms with E-state index in [0.717, 1.165) is 23.7 Å². The van der Waals surface area contributed by atoms with E-state index < -0.39 is 0 Å². The first-order chi connectivity index (χ1) is 6.88. The number of rotatable bonds is 3. The monoisotopic (exact) mass is 191 g/mol. The summed E-state index contributed by atoms with van der Waals surface area (Å²) in [5.74, 6) is 0.840. The van der Waals surface area contributed by atoms with Crippen molar-refractivity contribution in [1.29, 1.82) is 0 Å². The number of aromatic nitrogens is 3. The van der Waals surface area contributed by atoms with E-state index in [0.29, 0.717) is 0 Å². The average molecular weight is 191 g/mol. The van der Waals surface area contributed by atoms with Gasteiger partial charge in [-0.1, -0.05) is 0 Å². The van der Waals surface area contributed by atoms with Gasteiger partial charge in [-0.3, -0.25) is 0 Å². The summed E-state index contributed by atoms with van der Waals surface area (Å²) in [4.78, 5) is 0. The summed E-state index contributed by atoms with van der Waals surface area (Å²) < 4.78 is 4.02. The molecule has 2 aromatic rings. The highest BCUT2D eigenvalue weighted by atomic mass is 16.3. The van der Waals surface area contributed by atoms with Crippen LogP contribution in [0.15, 0.2) is 18.6 Å². The van der Waals surface area contributed by atoms with Crippen LogP contribution in [0.1, 0.15) is 18.4 Å². The number of nitrogens with zero attached hydrogens (tertiary/aromatic N) is 3. The number of aliphatic hydroxyl groups excluding tert-OH is 1. The van der Waals surface area contributed by atoms with Crippen molar-refractivity contribution in [2.45, 2.75) is 26.0 Å². The van der Waals surface area contributed by atoms with E-state index in [1.807, 2.05) is 16.9 Å². The molecule has 3 rings (SSSR count). The molecule has 0 spiro atoms. The van der Waals surface area contributed by atoms with Gasteiger partial charge < -0.3 is 9.67 Å². The fourth-order valence-electron chi connectivity index (χ4n) is 1.87. The smallest absolute Gasteiger partial charge is 0.141 e. The number of fused-ring (bicyclic) bond motifs is 1. The maximum Gasteiger partial charge on any atom is 0.141 e. The van der Waals surface area contributed by atoms with Crippen molar-refractivity contribution < 1.29 is 5.11 Å². The molecule has 0 unspecified atom stereocenters. The fraction of sp³-hybridized carbons (Fsp3) is 0.500. The summed E-state index contributed by atoms with van der Waals surface area (Å²) in [5, 5.41) is 13.3. The predicted octanol–water partition coefficient (Wildman–Crippen LogP) is 1.04. The third-order valence-electron chi connectivity index (χ3n) is 2.82. The highest BCUT2D eigenvalue weighted by Crippen LogP contribution is 2.31. The standard InChI is InChI=1S/C10H13N3O/c14-7-9-5-11-13-4-3-12(10(9)13)6-8-1-2-8/h3-5,8,14H,1-2,6-7H2. The van der Waals surface area contributed by atoms with E-state index in [9.17, 15) is 0 Å². The molecule has 4 nitrogen and oxygen atoms in total. The number of hydrogen-bond acceptors (Lipinski definition) is 2. The van der Waals surface area contributed by atoms with Crippen LogP contribution in [0, 0.1) is 5.92 Å². The maximum atomic E-state index is 9.15. The van der Waals surface area contributed by atoms with Crippen molar-refractivity contribution in [3.8, 4) is 0 Å². The van der Waals surface area contributed by atoms with Gasteiger partial charge in [0, 0.05) is 24.5 Å². The van der Waals surface area contributed by atoms with Crippen LogP contribution in [0.2, 0.25) is 0 Å². The molecule has 2 aromatic heterocycles. The number of hydrogen-bond donors (Lipinski definition) is 1. The molecule has 1 N–H and O–H groups in total. The molecule has 1 aliphatic rings. The summed E-state index contributed by atoms with van der Waals surface area (Å²) >= 11 is 0. The molecule has 0 aromatic carbocycles. The molecular formula is C10H13N3O. The fourth-order valence-corrected chi connectivity index (χ4v) is 1.87. The zero-order valence-corrected chi connectivity index (χ0v) is 7.93. The molecule has 0 amide bonds. The van der Waals surface area contributed by atoms with Crippen molar-refractivity contribution in [3.63, 3.8) is 0 Å². The van der Waals surface area contributed by atoms with E-state index in [2.05, 4.69) is 9.67 Å². The zero-order chi connectivity index (χ0) is 9.54. The van der Waals surface area contributed by atoms with E-state index in [1.165, 1.54) is 12.8 Å². The van der Waals surface area contributed by atoms with Crippen LogP contribution in [0.4, 0.5) is 0 Å². The normalized spacial score (nSPS) is 16.6. The Labute approximate surface area is 81.8 Å². The Morgan fingerprint density at radius 1 is 1.43 bits per heavy atom. The minimum atomic E-state index is 0.0676. The lowest BCUT2D eigenvalue weighted by Gasteiger charge is -2.02. The summed E-state index contributed by atoms with van der Waals surface area (Å²) in [6.45, 7) is 1.13. The Hall–Kier alpha value is -1.29. The minimum absolute atomic E-state index is 0.0676. The maximum absolute atomic E-state index is 9.15. The first kappa shape index (κ1) is 8.05. The van der Waals surface area contributed by atoms with Crippen molar-refractivity contribution in [2.24, 2.45) is 5.92 Å². The second-order valence-corrected chi connectivity index (χ2v) is 3.99. The van der Waals surface area contributed by atoms with Crippen molar-refractivity contribution in [3.05, 3.63) is 24.2 Å². The molecular weight excluding hydrogens is 178 g/mol. The van der Waals surface area contributed by atoms with Gasteiger partial charge in [0.2, 0.25) is 0 Å². The van der Waals surface area contributed by atoms with Gasteiger partial charge in [0.05, 0.1) is 12.8 Å². The van der Waals surface area contributed by atoms with E-state index in [4.69, 9.17) is 5.11 Å². The van der Waals surface area contributed by atoms with E-state index in [-0.39, 0.29) is 6.61 Å². The van der Waals surface area contributed by atoms with Crippen LogP contribution in [-0.2, 0) is 13.2 Å². The van der Waals surface area contributed by atoms with Gasteiger partial charge in [-0.05, 0) is 18.8 Å². The number of aliphatic hydroxyl groups is 1. The summed E-state index contributed by atoms with van der Waals surface area (Å²) in [6, 6.07) is 0. The van der Waals surface area contributed by atoms with Gasteiger partial charge in [0.1, 0.15) is 5.65 Å². The molecule has 14 heavy (non-hydrogen) atoms. The minimum Gasteiger partial charge on any atom is -0.391 e. The zero-order valence-electron chi connectivity index (χ0n) is 7.93. The summed E-state index contributed by atoms with van der Waals surface area (Å²) in [7, 11) is 0. The molecule has 74 valence electrons. The second kappa shape index (κ2) is 2.85. The topological polar surface area (TPSA) is 42.5 Å². The van der Waals surface area contributed by atoms with Gasteiger partial charge in [0.15, 0.2) is 0 Å². The van der Waals surface area contributed by atoms with Crippen LogP contribution in [-0.4, -0.2) is 19.3 Å². The molecule has 4 heteroatoms. The molecule has 0 bridgehead atoms. The molecule has 1 saturated carbocycles. The van der Waals surface area contributed by atoms with Gasteiger partial charge >= 0.3 is 0 Å². The lowest BCUT2D eigenvalue weighted by atomic mass is 10.3. The Balaban J connectivity index is 2.06. The quantitative estimate of drug-likeness (QED) is 0.787. The molecule has 0 radical (unpaired) electrons. The van der Waals surface area contributed by atoms with Crippen LogP contribution < -0.4 is 0 Å². The second-order valence-electron chi connectivity index (χ2n) is 3.99. The lowest BCUT2D eigenvalue weighted by molar-refractivity contribution is 0.282. The molecule has 0 saturated heterocycles. The molecule has 1 aliphatic carbocycles. The summed E-state index contributed by atoms with van der Waals surface area (Å²) in [6.07, 6.45) is 8.40. The van der Waals surface area contributed by atoms with E-state index >= 15 is 0 Å². The van der Waals surface area contributed by atoms with Crippen LogP contribution in [0.3, 0.4) is 0 Å². The third kappa shape index (κ3) is 1.14. The van der Waals surface area contributed by atoms with Gasteiger partial charge in [-0.25, -0.2) is 4.52 Å². The molecule has 1 fully saturated rings. The van der Waals surface area contributed by atoms with Crippen molar-refractivity contribution in [2.75, 3.05) is 0 Å². The SMILES string of the molecule is OCc1cnn2ccn(CC3CC3)c12. The van der Waals surface area contributed by atoms with Crippen LogP contribution in [0.5, 0.6) is 0 Å². The van der Waals surface area contributed by atoms with Crippen LogP contribution >= 0.6 is 0 Å².